The molecule has 30 heavy (non-hydrogen) atoms. The summed E-state index contributed by atoms with van der Waals surface area (Å²) in [7, 11) is 1.65. The smallest absolute Gasteiger partial charge is 0.225 e. The number of rotatable bonds is 4. The SMILES string of the molecule is COc1ccc(-n2ncc3c(N4CCN(C(=O)C5CCC5)CC4)nc(C)nc32)cc1. The lowest BCUT2D eigenvalue weighted by molar-refractivity contribution is -0.138. The summed E-state index contributed by atoms with van der Waals surface area (Å²) in [4.78, 5) is 26.2. The van der Waals surface area contributed by atoms with Gasteiger partial charge < -0.3 is 14.5 Å². The minimum atomic E-state index is 0.257. The molecule has 5 rings (SSSR count). The quantitative estimate of drug-likeness (QED) is 0.663. The van der Waals surface area contributed by atoms with E-state index >= 15 is 0 Å². The highest BCUT2D eigenvalue weighted by atomic mass is 16.5. The van der Waals surface area contributed by atoms with E-state index in [1.54, 1.807) is 7.11 Å². The molecule has 1 saturated carbocycles. The second-order valence-corrected chi connectivity index (χ2v) is 8.03. The highest BCUT2D eigenvalue weighted by Gasteiger charge is 2.32. The first-order valence-corrected chi connectivity index (χ1v) is 10.5. The number of aryl methyl sites for hydroxylation is 1. The van der Waals surface area contributed by atoms with Crippen LogP contribution in [-0.2, 0) is 4.79 Å². The number of ether oxygens (including phenoxy) is 1. The van der Waals surface area contributed by atoms with Crippen LogP contribution in [0, 0.1) is 12.8 Å². The largest absolute Gasteiger partial charge is 0.497 e. The Bertz CT molecular complexity index is 1070. The maximum absolute atomic E-state index is 12.6. The molecule has 1 aromatic carbocycles. The van der Waals surface area contributed by atoms with Gasteiger partial charge in [0, 0.05) is 32.1 Å². The predicted molar refractivity (Wildman–Crippen MR) is 114 cm³/mol. The maximum atomic E-state index is 12.6. The number of hydrogen-bond acceptors (Lipinski definition) is 6. The molecule has 0 atom stereocenters. The fraction of sp³-hybridized carbons (Fsp3) is 0.455. The molecule has 1 aliphatic heterocycles. The minimum Gasteiger partial charge on any atom is -0.497 e. The van der Waals surface area contributed by atoms with Crippen molar-refractivity contribution in [2.45, 2.75) is 26.2 Å². The first-order chi connectivity index (χ1) is 14.6. The molecule has 3 heterocycles. The average molecular weight is 406 g/mol. The van der Waals surface area contributed by atoms with E-state index < -0.39 is 0 Å². The second kappa shape index (κ2) is 7.59. The van der Waals surface area contributed by atoms with Gasteiger partial charge in [-0.05, 0) is 44.0 Å². The van der Waals surface area contributed by atoms with E-state index in [-0.39, 0.29) is 5.92 Å². The summed E-state index contributed by atoms with van der Waals surface area (Å²) in [5.41, 5.74) is 1.71. The molecule has 2 aliphatic rings. The van der Waals surface area contributed by atoms with Crippen LogP contribution in [0.2, 0.25) is 0 Å². The number of carbonyl (C=O) groups is 1. The lowest BCUT2D eigenvalue weighted by Crippen LogP contribution is -2.51. The Kier molecular flexibility index (Phi) is 4.77. The normalized spacial score (nSPS) is 17.3. The Morgan fingerprint density at radius 2 is 1.80 bits per heavy atom. The Hall–Kier alpha value is -3.16. The molecule has 0 bridgehead atoms. The third-order valence-corrected chi connectivity index (χ3v) is 6.18. The molecule has 0 spiro atoms. The number of amides is 1. The van der Waals surface area contributed by atoms with Crippen LogP contribution in [0.4, 0.5) is 5.82 Å². The Balaban J connectivity index is 1.41. The summed E-state index contributed by atoms with van der Waals surface area (Å²) in [6.45, 7) is 4.94. The molecule has 2 fully saturated rings. The van der Waals surface area contributed by atoms with Gasteiger partial charge in [0.15, 0.2) is 5.65 Å². The second-order valence-electron chi connectivity index (χ2n) is 8.03. The van der Waals surface area contributed by atoms with Gasteiger partial charge >= 0.3 is 0 Å². The van der Waals surface area contributed by atoms with Gasteiger partial charge in [-0.2, -0.15) is 5.10 Å². The lowest BCUT2D eigenvalue weighted by Gasteiger charge is -2.38. The van der Waals surface area contributed by atoms with Crippen molar-refractivity contribution in [3.8, 4) is 11.4 Å². The zero-order valence-corrected chi connectivity index (χ0v) is 17.4. The fourth-order valence-corrected chi connectivity index (χ4v) is 4.20. The molecular weight excluding hydrogens is 380 g/mol. The minimum absolute atomic E-state index is 0.257. The van der Waals surface area contributed by atoms with E-state index in [0.29, 0.717) is 11.7 Å². The number of aromatic nitrogens is 4. The summed E-state index contributed by atoms with van der Waals surface area (Å²) in [5.74, 6) is 2.99. The Morgan fingerprint density at radius 3 is 2.43 bits per heavy atom. The maximum Gasteiger partial charge on any atom is 0.225 e. The van der Waals surface area contributed by atoms with Gasteiger partial charge in [-0.3, -0.25) is 4.79 Å². The van der Waals surface area contributed by atoms with E-state index in [1.165, 1.54) is 6.42 Å². The van der Waals surface area contributed by atoms with E-state index in [2.05, 4.69) is 15.0 Å². The van der Waals surface area contributed by atoms with Crippen LogP contribution in [-0.4, -0.2) is 63.8 Å². The van der Waals surface area contributed by atoms with E-state index in [1.807, 2.05) is 47.0 Å². The zero-order chi connectivity index (χ0) is 20.7. The van der Waals surface area contributed by atoms with E-state index in [0.717, 1.165) is 67.3 Å². The molecular formula is C22H26N6O2. The third kappa shape index (κ3) is 3.26. The van der Waals surface area contributed by atoms with Crippen LogP contribution in [0.15, 0.2) is 30.5 Å². The third-order valence-electron chi connectivity index (χ3n) is 6.18. The molecule has 0 unspecified atom stereocenters. The summed E-state index contributed by atoms with van der Waals surface area (Å²) >= 11 is 0. The van der Waals surface area contributed by atoms with Crippen LogP contribution in [0.3, 0.4) is 0 Å². The average Bonchev–Trinajstić information content (AvgIpc) is 3.16. The van der Waals surface area contributed by atoms with Crippen molar-refractivity contribution in [2.24, 2.45) is 5.92 Å². The van der Waals surface area contributed by atoms with Crippen molar-refractivity contribution in [3.05, 3.63) is 36.3 Å². The van der Waals surface area contributed by atoms with Crippen molar-refractivity contribution in [1.82, 2.24) is 24.6 Å². The summed E-state index contributed by atoms with van der Waals surface area (Å²) in [6, 6.07) is 7.76. The number of hydrogen-bond donors (Lipinski definition) is 0. The number of methoxy groups -OCH3 is 1. The number of fused-ring (bicyclic) bond motifs is 1. The van der Waals surface area contributed by atoms with E-state index in [9.17, 15) is 4.79 Å². The first-order valence-electron chi connectivity index (χ1n) is 10.5. The van der Waals surface area contributed by atoms with Gasteiger partial charge in [-0.15, -0.1) is 0 Å². The van der Waals surface area contributed by atoms with Crippen molar-refractivity contribution in [1.29, 1.82) is 0 Å². The summed E-state index contributed by atoms with van der Waals surface area (Å²) in [6.07, 6.45) is 5.12. The molecule has 8 heteroatoms. The van der Waals surface area contributed by atoms with Crippen molar-refractivity contribution in [2.75, 3.05) is 38.2 Å². The highest BCUT2D eigenvalue weighted by molar-refractivity contribution is 5.88. The number of piperazine rings is 1. The van der Waals surface area contributed by atoms with Gasteiger partial charge in [0.1, 0.15) is 17.4 Å². The molecule has 1 aliphatic carbocycles. The van der Waals surface area contributed by atoms with Crippen LogP contribution < -0.4 is 9.64 Å². The van der Waals surface area contributed by atoms with Gasteiger partial charge in [0.2, 0.25) is 5.91 Å². The molecule has 1 amide bonds. The number of anilines is 1. The molecule has 156 valence electrons. The van der Waals surface area contributed by atoms with Crippen LogP contribution in [0.5, 0.6) is 5.75 Å². The monoisotopic (exact) mass is 406 g/mol. The Labute approximate surface area is 175 Å². The summed E-state index contributed by atoms with van der Waals surface area (Å²) < 4.78 is 7.09. The molecule has 1 saturated heterocycles. The van der Waals surface area contributed by atoms with Gasteiger partial charge in [0.25, 0.3) is 0 Å². The van der Waals surface area contributed by atoms with Crippen molar-refractivity contribution >= 4 is 22.8 Å². The number of nitrogens with zero attached hydrogens (tertiary/aromatic N) is 6. The van der Waals surface area contributed by atoms with Crippen LogP contribution >= 0.6 is 0 Å². The van der Waals surface area contributed by atoms with Gasteiger partial charge in [-0.25, -0.2) is 14.6 Å². The van der Waals surface area contributed by atoms with E-state index in [4.69, 9.17) is 9.72 Å². The Morgan fingerprint density at radius 1 is 1.07 bits per heavy atom. The molecule has 0 N–H and O–H groups in total. The first kappa shape index (κ1) is 18.8. The lowest BCUT2D eigenvalue weighted by atomic mass is 9.84. The molecule has 0 radical (unpaired) electrons. The van der Waals surface area contributed by atoms with Crippen molar-refractivity contribution < 1.29 is 9.53 Å². The van der Waals surface area contributed by atoms with Crippen molar-refractivity contribution in [3.63, 3.8) is 0 Å². The molecule has 3 aromatic rings. The zero-order valence-electron chi connectivity index (χ0n) is 17.4. The number of benzene rings is 1. The summed E-state index contributed by atoms with van der Waals surface area (Å²) in [5, 5.41) is 5.51. The fourth-order valence-electron chi connectivity index (χ4n) is 4.20. The number of carbonyl (C=O) groups excluding carboxylic acids is 1. The standard InChI is InChI=1S/C22H26N6O2/c1-15-24-20(26-10-12-27(13-11-26)22(29)16-4-3-5-16)19-14-23-28(21(19)25-15)17-6-8-18(30-2)9-7-17/h6-9,14,16H,3-5,10-13H2,1-2H3. The van der Waals surface area contributed by atoms with Crippen LogP contribution in [0.1, 0.15) is 25.1 Å². The topological polar surface area (TPSA) is 76.4 Å². The van der Waals surface area contributed by atoms with Gasteiger partial charge in [-0.1, -0.05) is 6.42 Å². The molecule has 2 aromatic heterocycles. The van der Waals surface area contributed by atoms with Crippen LogP contribution in [0.25, 0.3) is 16.7 Å². The predicted octanol–water partition coefficient (Wildman–Crippen LogP) is 2.58. The molecule has 8 nitrogen and oxygen atoms in total. The van der Waals surface area contributed by atoms with Gasteiger partial charge in [0.05, 0.1) is 24.4 Å². The highest BCUT2D eigenvalue weighted by Crippen LogP contribution is 2.30.